The minimum atomic E-state index is 0.0230. The van der Waals surface area contributed by atoms with E-state index in [0.29, 0.717) is 13.2 Å². The highest BCUT2D eigenvalue weighted by Crippen LogP contribution is 2.36. The van der Waals surface area contributed by atoms with E-state index >= 15 is 0 Å². The summed E-state index contributed by atoms with van der Waals surface area (Å²) < 4.78 is 10.5. The fourth-order valence-corrected chi connectivity index (χ4v) is 2.14. The van der Waals surface area contributed by atoms with Crippen LogP contribution in [0.15, 0.2) is 35.2 Å². The molecule has 2 heterocycles. The molecule has 16 heavy (non-hydrogen) atoms. The lowest BCUT2D eigenvalue weighted by atomic mass is 9.97. The number of hydrogen-bond donors (Lipinski definition) is 1. The molecule has 1 aliphatic rings. The van der Waals surface area contributed by atoms with Crippen molar-refractivity contribution >= 4 is 0 Å². The first-order valence-electron chi connectivity index (χ1n) is 5.23. The molecule has 2 aromatic rings. The topological polar surface area (TPSA) is 61.3 Å². The lowest BCUT2D eigenvalue weighted by Crippen LogP contribution is -2.10. The Kier molecular flexibility index (Phi) is 2.23. The summed E-state index contributed by atoms with van der Waals surface area (Å²) in [6, 6.07) is 6.13. The van der Waals surface area contributed by atoms with Crippen molar-refractivity contribution in [1.29, 1.82) is 0 Å². The van der Waals surface area contributed by atoms with Gasteiger partial charge in [0.15, 0.2) is 0 Å². The second kappa shape index (κ2) is 3.73. The number of aromatic nitrogens is 1. The SMILES string of the molecule is NCC1OCc2c(-c3cnoc3)cccc21. The average molecular weight is 216 g/mol. The molecule has 82 valence electrons. The second-order valence-corrected chi connectivity index (χ2v) is 3.82. The van der Waals surface area contributed by atoms with Crippen LogP contribution in [0, 0.1) is 0 Å². The molecule has 4 heteroatoms. The first-order chi connectivity index (χ1) is 7.90. The number of fused-ring (bicyclic) bond motifs is 1. The Morgan fingerprint density at radius 1 is 1.44 bits per heavy atom. The molecule has 1 atom stereocenters. The Labute approximate surface area is 93.0 Å². The van der Waals surface area contributed by atoms with Crippen LogP contribution in [-0.2, 0) is 11.3 Å². The molecule has 1 unspecified atom stereocenters. The van der Waals surface area contributed by atoms with Crippen molar-refractivity contribution in [3.63, 3.8) is 0 Å². The fourth-order valence-electron chi connectivity index (χ4n) is 2.14. The fraction of sp³-hybridized carbons (Fsp3) is 0.250. The summed E-state index contributed by atoms with van der Waals surface area (Å²) in [7, 11) is 0. The zero-order chi connectivity index (χ0) is 11.0. The summed E-state index contributed by atoms with van der Waals surface area (Å²) >= 11 is 0. The van der Waals surface area contributed by atoms with Crippen molar-refractivity contribution in [2.24, 2.45) is 5.73 Å². The zero-order valence-corrected chi connectivity index (χ0v) is 8.72. The first kappa shape index (κ1) is 9.57. The van der Waals surface area contributed by atoms with Crippen LogP contribution in [-0.4, -0.2) is 11.7 Å². The first-order valence-corrected chi connectivity index (χ1v) is 5.23. The van der Waals surface area contributed by atoms with Crippen molar-refractivity contribution in [2.45, 2.75) is 12.7 Å². The Morgan fingerprint density at radius 3 is 3.12 bits per heavy atom. The van der Waals surface area contributed by atoms with E-state index in [4.69, 9.17) is 15.0 Å². The van der Waals surface area contributed by atoms with Gasteiger partial charge in [0, 0.05) is 12.1 Å². The third kappa shape index (κ3) is 1.35. The number of hydrogen-bond acceptors (Lipinski definition) is 4. The van der Waals surface area contributed by atoms with Gasteiger partial charge in [0.05, 0.1) is 18.9 Å². The summed E-state index contributed by atoms with van der Waals surface area (Å²) in [5, 5.41) is 3.72. The standard InChI is InChI=1S/C12H12N2O2/c13-4-12-10-3-1-2-9(11(10)7-15-12)8-5-14-16-6-8/h1-3,5-6,12H,4,7,13H2. The van der Waals surface area contributed by atoms with Crippen molar-refractivity contribution in [1.82, 2.24) is 5.16 Å². The molecule has 1 aromatic heterocycles. The van der Waals surface area contributed by atoms with Crippen LogP contribution in [0.5, 0.6) is 0 Å². The van der Waals surface area contributed by atoms with Gasteiger partial charge in [-0.2, -0.15) is 0 Å². The smallest absolute Gasteiger partial charge is 0.131 e. The van der Waals surface area contributed by atoms with E-state index in [1.54, 1.807) is 12.5 Å². The Bertz CT molecular complexity index is 494. The maximum Gasteiger partial charge on any atom is 0.131 e. The highest BCUT2D eigenvalue weighted by molar-refractivity contribution is 5.67. The predicted octanol–water partition coefficient (Wildman–Crippen LogP) is 1.87. The molecular weight excluding hydrogens is 204 g/mol. The van der Waals surface area contributed by atoms with Crippen LogP contribution >= 0.6 is 0 Å². The number of benzene rings is 1. The molecule has 0 radical (unpaired) electrons. The Hall–Kier alpha value is -1.65. The molecule has 0 aliphatic carbocycles. The quantitative estimate of drug-likeness (QED) is 0.832. The van der Waals surface area contributed by atoms with E-state index in [1.807, 2.05) is 12.1 Å². The van der Waals surface area contributed by atoms with Gasteiger partial charge in [0.1, 0.15) is 6.26 Å². The van der Waals surface area contributed by atoms with Gasteiger partial charge in [-0.1, -0.05) is 23.4 Å². The summed E-state index contributed by atoms with van der Waals surface area (Å²) in [5.41, 5.74) is 10.1. The van der Waals surface area contributed by atoms with Gasteiger partial charge in [-0.3, -0.25) is 0 Å². The second-order valence-electron chi connectivity index (χ2n) is 3.82. The molecule has 1 aromatic carbocycles. The molecule has 0 fully saturated rings. The number of rotatable bonds is 2. The number of nitrogens with two attached hydrogens (primary N) is 1. The highest BCUT2D eigenvalue weighted by Gasteiger charge is 2.24. The van der Waals surface area contributed by atoms with Crippen LogP contribution < -0.4 is 5.73 Å². The maximum atomic E-state index is 5.66. The zero-order valence-electron chi connectivity index (χ0n) is 8.72. The Morgan fingerprint density at radius 2 is 2.38 bits per heavy atom. The van der Waals surface area contributed by atoms with Crippen LogP contribution in [0.25, 0.3) is 11.1 Å². The normalized spacial score (nSPS) is 18.7. The molecule has 0 amide bonds. The lowest BCUT2D eigenvalue weighted by Gasteiger charge is -2.07. The van der Waals surface area contributed by atoms with Gasteiger partial charge in [0.2, 0.25) is 0 Å². The van der Waals surface area contributed by atoms with Crippen molar-refractivity contribution in [3.8, 4) is 11.1 Å². The van der Waals surface area contributed by atoms with Crippen molar-refractivity contribution in [2.75, 3.05) is 6.54 Å². The third-order valence-corrected chi connectivity index (χ3v) is 2.95. The molecular formula is C12H12N2O2. The molecule has 0 bridgehead atoms. The minimum Gasteiger partial charge on any atom is -0.367 e. The van der Waals surface area contributed by atoms with E-state index in [2.05, 4.69) is 11.2 Å². The summed E-state index contributed by atoms with van der Waals surface area (Å²) in [6.07, 6.45) is 3.38. The van der Waals surface area contributed by atoms with Crippen molar-refractivity contribution in [3.05, 3.63) is 41.8 Å². The van der Waals surface area contributed by atoms with Crippen molar-refractivity contribution < 1.29 is 9.26 Å². The van der Waals surface area contributed by atoms with E-state index in [-0.39, 0.29) is 6.10 Å². The molecule has 2 N–H and O–H groups in total. The third-order valence-electron chi connectivity index (χ3n) is 2.95. The van der Waals surface area contributed by atoms with Gasteiger partial charge in [-0.05, 0) is 16.7 Å². The van der Waals surface area contributed by atoms with Gasteiger partial charge < -0.3 is 15.0 Å². The van der Waals surface area contributed by atoms with E-state index < -0.39 is 0 Å². The lowest BCUT2D eigenvalue weighted by molar-refractivity contribution is 0.0725. The van der Waals surface area contributed by atoms with Gasteiger partial charge in [-0.25, -0.2) is 0 Å². The Balaban J connectivity index is 2.12. The van der Waals surface area contributed by atoms with E-state index in [1.165, 1.54) is 11.1 Å². The maximum absolute atomic E-state index is 5.66. The largest absolute Gasteiger partial charge is 0.367 e. The monoisotopic (exact) mass is 216 g/mol. The highest BCUT2D eigenvalue weighted by atomic mass is 16.5. The van der Waals surface area contributed by atoms with Gasteiger partial charge in [-0.15, -0.1) is 0 Å². The van der Waals surface area contributed by atoms with Crippen LogP contribution in [0.4, 0.5) is 0 Å². The van der Waals surface area contributed by atoms with Crippen LogP contribution in [0.2, 0.25) is 0 Å². The summed E-state index contributed by atoms with van der Waals surface area (Å²) in [6.45, 7) is 1.12. The minimum absolute atomic E-state index is 0.0230. The van der Waals surface area contributed by atoms with Crippen LogP contribution in [0.3, 0.4) is 0 Å². The molecule has 4 nitrogen and oxygen atoms in total. The molecule has 0 saturated carbocycles. The average Bonchev–Trinajstić information content (AvgIpc) is 2.97. The summed E-state index contributed by atoms with van der Waals surface area (Å²) in [5.74, 6) is 0. The number of nitrogens with zero attached hydrogens (tertiary/aromatic N) is 1. The van der Waals surface area contributed by atoms with E-state index in [0.717, 1.165) is 11.1 Å². The van der Waals surface area contributed by atoms with Gasteiger partial charge >= 0.3 is 0 Å². The van der Waals surface area contributed by atoms with Gasteiger partial charge in [0.25, 0.3) is 0 Å². The van der Waals surface area contributed by atoms with Crippen LogP contribution in [0.1, 0.15) is 17.2 Å². The number of ether oxygens (including phenoxy) is 1. The molecule has 3 rings (SSSR count). The predicted molar refractivity (Wildman–Crippen MR) is 58.5 cm³/mol. The molecule has 1 aliphatic heterocycles. The van der Waals surface area contributed by atoms with E-state index in [9.17, 15) is 0 Å². The summed E-state index contributed by atoms with van der Waals surface area (Å²) in [4.78, 5) is 0. The molecule has 0 spiro atoms. The molecule has 0 saturated heterocycles.